The Morgan fingerprint density at radius 2 is 1.81 bits per heavy atom. The highest BCUT2D eigenvalue weighted by atomic mass is 32.2. The predicted molar refractivity (Wildman–Crippen MR) is 103 cm³/mol. The van der Waals surface area contributed by atoms with Crippen LogP contribution in [-0.2, 0) is 14.8 Å². The lowest BCUT2D eigenvalue weighted by Crippen LogP contribution is -2.55. The summed E-state index contributed by atoms with van der Waals surface area (Å²) in [6.45, 7) is 3.61. The average Bonchev–Trinajstić information content (AvgIpc) is 3.33. The summed E-state index contributed by atoms with van der Waals surface area (Å²) in [5.41, 5.74) is 0.164. The Hall–Kier alpha value is -1.74. The maximum atomic E-state index is 13.2. The fourth-order valence-corrected chi connectivity index (χ4v) is 6.19. The topological polar surface area (TPSA) is 66.9 Å². The smallest absolute Gasteiger partial charge is 0.263 e. The largest absolute Gasteiger partial charge is 0.358 e. The van der Waals surface area contributed by atoms with Gasteiger partial charge in [-0.15, -0.1) is 11.3 Å². The lowest BCUT2D eigenvalue weighted by atomic mass is 10.0. The molecule has 8 heteroatoms. The van der Waals surface area contributed by atoms with Gasteiger partial charge in [-0.3, -0.25) is 4.79 Å². The van der Waals surface area contributed by atoms with E-state index in [1.165, 1.54) is 15.6 Å². The molecule has 144 valence electrons. The minimum atomic E-state index is -3.64. The first-order valence-electron chi connectivity index (χ1n) is 8.99. The number of carbonyl (C=O) groups is 1. The summed E-state index contributed by atoms with van der Waals surface area (Å²) in [7, 11) is -3.64. The molecule has 3 heterocycles. The van der Waals surface area contributed by atoms with Crippen LogP contribution in [0.1, 0.15) is 28.1 Å². The van der Waals surface area contributed by atoms with E-state index in [0.717, 1.165) is 5.56 Å². The predicted octanol–water partition coefficient (Wildman–Crippen LogP) is 2.71. The van der Waals surface area contributed by atoms with E-state index >= 15 is 0 Å². The zero-order valence-corrected chi connectivity index (χ0v) is 16.8. The Balaban J connectivity index is 1.53. The molecule has 4 rings (SSSR count). The standard InChI is InChI=1S/C19H22N2O4S2/c1-15-4-6-16(7-5-15)27(23,24)21-12-13-25-19(21)8-10-20(11-9-19)18(22)17-3-2-14-26-17/h2-7,14H,8-13H2,1H3. The fourth-order valence-electron chi connectivity index (χ4n) is 3.78. The number of hydrogen-bond donors (Lipinski definition) is 0. The highest BCUT2D eigenvalue weighted by Crippen LogP contribution is 2.38. The Morgan fingerprint density at radius 3 is 2.44 bits per heavy atom. The molecule has 0 N–H and O–H groups in total. The van der Waals surface area contributed by atoms with Crippen molar-refractivity contribution in [3.63, 3.8) is 0 Å². The van der Waals surface area contributed by atoms with Gasteiger partial charge in [0.25, 0.3) is 5.91 Å². The molecule has 1 amide bonds. The second-order valence-corrected chi connectivity index (χ2v) is 9.76. The normalized spacial score (nSPS) is 20.3. The molecule has 0 bridgehead atoms. The first-order chi connectivity index (χ1) is 12.9. The van der Waals surface area contributed by atoms with Crippen LogP contribution in [0.15, 0.2) is 46.7 Å². The summed E-state index contributed by atoms with van der Waals surface area (Å²) in [5.74, 6) is 0.00536. The molecule has 27 heavy (non-hydrogen) atoms. The highest BCUT2D eigenvalue weighted by molar-refractivity contribution is 7.89. The Morgan fingerprint density at radius 1 is 1.11 bits per heavy atom. The second-order valence-electron chi connectivity index (χ2n) is 6.95. The molecule has 2 aliphatic rings. The van der Waals surface area contributed by atoms with Crippen LogP contribution in [0, 0.1) is 6.92 Å². The number of likely N-dealkylation sites (tertiary alicyclic amines) is 1. The fraction of sp³-hybridized carbons (Fsp3) is 0.421. The van der Waals surface area contributed by atoms with Gasteiger partial charge >= 0.3 is 0 Å². The van der Waals surface area contributed by atoms with Crippen LogP contribution in [-0.4, -0.2) is 55.5 Å². The van der Waals surface area contributed by atoms with Gasteiger partial charge in [-0.2, -0.15) is 4.31 Å². The van der Waals surface area contributed by atoms with E-state index in [1.54, 1.807) is 29.2 Å². The number of piperidine rings is 1. The summed E-state index contributed by atoms with van der Waals surface area (Å²) in [5, 5.41) is 1.88. The molecule has 0 unspecified atom stereocenters. The molecular weight excluding hydrogens is 384 g/mol. The molecule has 2 saturated heterocycles. The number of thiophene rings is 1. The van der Waals surface area contributed by atoms with Crippen LogP contribution >= 0.6 is 11.3 Å². The molecule has 1 spiro atoms. The van der Waals surface area contributed by atoms with E-state index in [9.17, 15) is 13.2 Å². The van der Waals surface area contributed by atoms with Crippen molar-refractivity contribution in [2.24, 2.45) is 0 Å². The van der Waals surface area contributed by atoms with Crippen LogP contribution in [0.5, 0.6) is 0 Å². The van der Waals surface area contributed by atoms with Crippen LogP contribution in [0.3, 0.4) is 0 Å². The van der Waals surface area contributed by atoms with Gasteiger partial charge in [0.1, 0.15) is 5.72 Å². The van der Waals surface area contributed by atoms with E-state index in [4.69, 9.17) is 4.74 Å². The van der Waals surface area contributed by atoms with Gasteiger partial charge in [-0.25, -0.2) is 8.42 Å². The molecule has 0 aliphatic carbocycles. The second kappa shape index (κ2) is 7.01. The van der Waals surface area contributed by atoms with Crippen molar-refractivity contribution in [3.05, 3.63) is 52.2 Å². The van der Waals surface area contributed by atoms with Gasteiger partial charge in [0, 0.05) is 32.5 Å². The lowest BCUT2D eigenvalue weighted by Gasteiger charge is -2.42. The molecule has 1 aromatic heterocycles. The van der Waals surface area contributed by atoms with Crippen molar-refractivity contribution in [1.29, 1.82) is 0 Å². The van der Waals surface area contributed by atoms with E-state index in [2.05, 4.69) is 0 Å². The van der Waals surface area contributed by atoms with E-state index in [-0.39, 0.29) is 10.8 Å². The SMILES string of the molecule is Cc1ccc(S(=O)(=O)N2CCOC23CCN(C(=O)c2cccs2)CC3)cc1. The summed E-state index contributed by atoms with van der Waals surface area (Å²) in [6.07, 6.45) is 0.963. The quantitative estimate of drug-likeness (QED) is 0.786. The first-order valence-corrected chi connectivity index (χ1v) is 11.3. The summed E-state index contributed by atoms with van der Waals surface area (Å²) in [4.78, 5) is 15.3. The molecule has 0 atom stereocenters. The molecule has 2 fully saturated rings. The number of aryl methyl sites for hydroxylation is 1. The van der Waals surface area contributed by atoms with Crippen LogP contribution < -0.4 is 0 Å². The third-order valence-electron chi connectivity index (χ3n) is 5.29. The zero-order chi connectivity index (χ0) is 19.1. The van der Waals surface area contributed by atoms with Crippen molar-refractivity contribution < 1.29 is 17.9 Å². The summed E-state index contributed by atoms with van der Waals surface area (Å²) < 4.78 is 33.8. The minimum absolute atomic E-state index is 0.00536. The van der Waals surface area contributed by atoms with Crippen LogP contribution in [0.2, 0.25) is 0 Å². The molecule has 2 aromatic rings. The van der Waals surface area contributed by atoms with Crippen LogP contribution in [0.25, 0.3) is 0 Å². The summed E-state index contributed by atoms with van der Waals surface area (Å²) >= 11 is 1.42. The van der Waals surface area contributed by atoms with E-state index in [0.29, 0.717) is 44.0 Å². The molecule has 1 aromatic carbocycles. The molecule has 0 saturated carbocycles. The monoisotopic (exact) mass is 406 g/mol. The van der Waals surface area contributed by atoms with Crippen LogP contribution in [0.4, 0.5) is 0 Å². The minimum Gasteiger partial charge on any atom is -0.358 e. The summed E-state index contributed by atoms with van der Waals surface area (Å²) in [6, 6.07) is 10.6. The number of amides is 1. The first kappa shape index (κ1) is 18.6. The zero-order valence-electron chi connectivity index (χ0n) is 15.1. The maximum absolute atomic E-state index is 13.2. The van der Waals surface area contributed by atoms with E-state index < -0.39 is 15.7 Å². The number of benzene rings is 1. The van der Waals surface area contributed by atoms with Crippen molar-refractivity contribution >= 4 is 27.3 Å². The maximum Gasteiger partial charge on any atom is 0.263 e. The van der Waals surface area contributed by atoms with Gasteiger partial charge in [0.15, 0.2) is 0 Å². The van der Waals surface area contributed by atoms with Gasteiger partial charge in [0.2, 0.25) is 10.0 Å². The average molecular weight is 407 g/mol. The molecule has 0 radical (unpaired) electrons. The number of sulfonamides is 1. The van der Waals surface area contributed by atoms with Gasteiger partial charge in [0.05, 0.1) is 16.4 Å². The number of rotatable bonds is 3. The van der Waals surface area contributed by atoms with Crippen molar-refractivity contribution in [2.75, 3.05) is 26.2 Å². The van der Waals surface area contributed by atoms with Gasteiger partial charge in [-0.05, 0) is 30.5 Å². The van der Waals surface area contributed by atoms with Crippen molar-refractivity contribution in [1.82, 2.24) is 9.21 Å². The Labute approximate surface area is 163 Å². The van der Waals surface area contributed by atoms with Crippen molar-refractivity contribution in [2.45, 2.75) is 30.4 Å². The van der Waals surface area contributed by atoms with Gasteiger partial charge in [-0.1, -0.05) is 23.8 Å². The number of ether oxygens (including phenoxy) is 1. The highest BCUT2D eigenvalue weighted by Gasteiger charge is 2.51. The molecule has 2 aliphatic heterocycles. The number of carbonyl (C=O) groups excluding carboxylic acids is 1. The Bertz CT molecular complexity index is 915. The third kappa shape index (κ3) is 3.31. The van der Waals surface area contributed by atoms with E-state index in [1.807, 2.05) is 24.4 Å². The molecule has 6 nitrogen and oxygen atoms in total. The lowest BCUT2D eigenvalue weighted by molar-refractivity contribution is -0.0856. The van der Waals surface area contributed by atoms with Crippen molar-refractivity contribution in [3.8, 4) is 0 Å². The Kier molecular flexibility index (Phi) is 4.84. The van der Waals surface area contributed by atoms with Gasteiger partial charge < -0.3 is 9.64 Å². The molecular formula is C19H22N2O4S2. The number of hydrogen-bond acceptors (Lipinski definition) is 5. The number of nitrogens with zero attached hydrogens (tertiary/aromatic N) is 2. The third-order valence-corrected chi connectivity index (χ3v) is 8.11.